The predicted molar refractivity (Wildman–Crippen MR) is 135 cm³/mol. The second-order valence-corrected chi connectivity index (χ2v) is 10.3. The highest BCUT2D eigenvalue weighted by atomic mass is 16.2. The molecule has 2 aliphatic rings. The molecule has 8 heteroatoms. The number of amides is 3. The summed E-state index contributed by atoms with van der Waals surface area (Å²) in [5, 5.41) is 10.5. The van der Waals surface area contributed by atoms with Crippen LogP contribution < -0.4 is 10.6 Å². The Morgan fingerprint density at radius 2 is 1.86 bits per heavy atom. The highest BCUT2D eigenvalue weighted by molar-refractivity contribution is 6.06. The van der Waals surface area contributed by atoms with Crippen LogP contribution in [-0.2, 0) is 11.3 Å². The summed E-state index contributed by atoms with van der Waals surface area (Å²) in [7, 11) is 0. The summed E-state index contributed by atoms with van der Waals surface area (Å²) < 4.78 is 1.52. The van der Waals surface area contributed by atoms with Gasteiger partial charge in [-0.25, -0.2) is 0 Å². The largest absolute Gasteiger partial charge is 0.351 e. The van der Waals surface area contributed by atoms with Gasteiger partial charge < -0.3 is 15.5 Å². The van der Waals surface area contributed by atoms with Crippen molar-refractivity contribution in [2.45, 2.75) is 90.3 Å². The zero-order valence-electron chi connectivity index (χ0n) is 21.3. The van der Waals surface area contributed by atoms with E-state index < -0.39 is 5.54 Å². The number of benzene rings is 1. The summed E-state index contributed by atoms with van der Waals surface area (Å²) >= 11 is 0. The molecule has 1 aliphatic heterocycles. The summed E-state index contributed by atoms with van der Waals surface area (Å²) in [6, 6.07) is 9.40. The Labute approximate surface area is 207 Å². The van der Waals surface area contributed by atoms with Gasteiger partial charge in [0.1, 0.15) is 11.2 Å². The standard InChI is InChI=1S/C27H37N5O3/c1-5-6-15-31-25(34)23-16-22(24(33)28-21-13-11-19(12-14-21)18(2)3)30-32(23)17-27(31,4)26(35)29-20-9-7-8-10-20/h11-14,16,18,20H,5-10,15,17H2,1-4H3,(H,28,33)(H,29,35). The molecular weight excluding hydrogens is 442 g/mol. The van der Waals surface area contributed by atoms with Crippen molar-refractivity contribution in [2.75, 3.05) is 11.9 Å². The van der Waals surface area contributed by atoms with E-state index in [1.807, 2.05) is 31.2 Å². The number of nitrogens with zero attached hydrogens (tertiary/aromatic N) is 3. The minimum atomic E-state index is -1.06. The molecule has 0 radical (unpaired) electrons. The molecule has 1 aromatic carbocycles. The van der Waals surface area contributed by atoms with Gasteiger partial charge in [-0.05, 0) is 49.8 Å². The molecule has 8 nitrogen and oxygen atoms in total. The zero-order valence-corrected chi connectivity index (χ0v) is 21.3. The Morgan fingerprint density at radius 1 is 1.17 bits per heavy atom. The number of fused-ring (bicyclic) bond motifs is 1. The Bertz CT molecular complexity index is 1080. The third kappa shape index (κ3) is 5.11. The van der Waals surface area contributed by atoms with E-state index in [1.165, 1.54) is 16.3 Å². The molecule has 0 saturated heterocycles. The summed E-state index contributed by atoms with van der Waals surface area (Å²) in [6.07, 6.45) is 5.88. The fraction of sp³-hybridized carbons (Fsp3) is 0.556. The van der Waals surface area contributed by atoms with Crippen LogP contribution in [0.15, 0.2) is 30.3 Å². The molecular formula is C27H37N5O3. The van der Waals surface area contributed by atoms with E-state index in [-0.39, 0.29) is 36.0 Å². The molecule has 0 spiro atoms. The topological polar surface area (TPSA) is 96.3 Å². The zero-order chi connectivity index (χ0) is 25.2. The van der Waals surface area contributed by atoms with Crippen molar-refractivity contribution in [3.05, 3.63) is 47.3 Å². The van der Waals surface area contributed by atoms with Crippen LogP contribution in [0.3, 0.4) is 0 Å². The van der Waals surface area contributed by atoms with Crippen LogP contribution in [0.25, 0.3) is 0 Å². The maximum atomic E-state index is 13.5. The average molecular weight is 480 g/mol. The van der Waals surface area contributed by atoms with Gasteiger partial charge >= 0.3 is 0 Å². The van der Waals surface area contributed by atoms with Crippen LogP contribution in [0, 0.1) is 0 Å². The van der Waals surface area contributed by atoms with Gasteiger partial charge in [0.05, 0.1) is 6.54 Å². The fourth-order valence-electron chi connectivity index (χ4n) is 4.98. The molecule has 1 fully saturated rings. The first-order valence-electron chi connectivity index (χ1n) is 12.8. The Hall–Kier alpha value is -3.16. The molecule has 1 aliphatic carbocycles. The number of hydrogen-bond acceptors (Lipinski definition) is 4. The number of rotatable bonds is 8. The van der Waals surface area contributed by atoms with Crippen LogP contribution in [0.2, 0.25) is 0 Å². The van der Waals surface area contributed by atoms with Gasteiger partial charge in [0.15, 0.2) is 5.69 Å². The second-order valence-electron chi connectivity index (χ2n) is 10.3. The smallest absolute Gasteiger partial charge is 0.276 e. The van der Waals surface area contributed by atoms with E-state index in [9.17, 15) is 14.4 Å². The van der Waals surface area contributed by atoms with E-state index in [1.54, 1.807) is 4.90 Å². The third-order valence-electron chi connectivity index (χ3n) is 7.28. The van der Waals surface area contributed by atoms with E-state index in [4.69, 9.17) is 0 Å². The number of anilines is 1. The Balaban J connectivity index is 1.56. The molecule has 2 heterocycles. The lowest BCUT2D eigenvalue weighted by Gasteiger charge is -2.43. The lowest BCUT2D eigenvalue weighted by molar-refractivity contribution is -0.133. The first kappa shape index (κ1) is 24.9. The molecule has 1 atom stereocenters. The van der Waals surface area contributed by atoms with E-state index in [0.29, 0.717) is 23.8 Å². The van der Waals surface area contributed by atoms with Crippen molar-refractivity contribution in [1.82, 2.24) is 20.0 Å². The molecule has 3 amide bonds. The van der Waals surface area contributed by atoms with Crippen LogP contribution in [0.5, 0.6) is 0 Å². The van der Waals surface area contributed by atoms with Crippen LogP contribution >= 0.6 is 0 Å². The van der Waals surface area contributed by atoms with Crippen molar-refractivity contribution in [3.63, 3.8) is 0 Å². The maximum absolute atomic E-state index is 13.5. The monoisotopic (exact) mass is 479 g/mol. The van der Waals surface area contributed by atoms with E-state index >= 15 is 0 Å². The average Bonchev–Trinajstić information content (AvgIpc) is 3.49. The molecule has 188 valence electrons. The number of aromatic nitrogens is 2. The van der Waals surface area contributed by atoms with Gasteiger partial charge in [-0.1, -0.05) is 52.2 Å². The predicted octanol–water partition coefficient (Wildman–Crippen LogP) is 4.33. The lowest BCUT2D eigenvalue weighted by atomic mass is 9.94. The SMILES string of the molecule is CCCCN1C(=O)c2cc(C(=O)Nc3ccc(C(C)C)cc3)nn2CC1(C)C(=O)NC1CCCC1. The molecule has 2 N–H and O–H groups in total. The summed E-state index contributed by atoms with van der Waals surface area (Å²) in [4.78, 5) is 41.6. The Kier molecular flexibility index (Phi) is 7.28. The van der Waals surface area contributed by atoms with Crippen LogP contribution in [0.1, 0.15) is 98.7 Å². The highest BCUT2D eigenvalue weighted by Crippen LogP contribution is 2.29. The first-order valence-corrected chi connectivity index (χ1v) is 12.8. The van der Waals surface area contributed by atoms with Gasteiger partial charge in [0, 0.05) is 24.3 Å². The maximum Gasteiger partial charge on any atom is 0.276 e. The van der Waals surface area contributed by atoms with Crippen molar-refractivity contribution in [1.29, 1.82) is 0 Å². The van der Waals surface area contributed by atoms with Crippen molar-refractivity contribution in [3.8, 4) is 0 Å². The van der Waals surface area contributed by atoms with Crippen molar-refractivity contribution >= 4 is 23.4 Å². The van der Waals surface area contributed by atoms with Gasteiger partial charge in [-0.15, -0.1) is 0 Å². The first-order chi connectivity index (χ1) is 16.7. The molecule has 0 bridgehead atoms. The molecule has 4 rings (SSSR count). The summed E-state index contributed by atoms with van der Waals surface area (Å²) in [5.74, 6) is -0.386. The van der Waals surface area contributed by atoms with Gasteiger partial charge in [-0.2, -0.15) is 5.10 Å². The van der Waals surface area contributed by atoms with Gasteiger partial charge in [-0.3, -0.25) is 19.1 Å². The fourth-order valence-corrected chi connectivity index (χ4v) is 4.98. The van der Waals surface area contributed by atoms with E-state index in [0.717, 1.165) is 38.5 Å². The van der Waals surface area contributed by atoms with Crippen LogP contribution in [-0.4, -0.2) is 50.5 Å². The van der Waals surface area contributed by atoms with Gasteiger partial charge in [0.2, 0.25) is 5.91 Å². The highest BCUT2D eigenvalue weighted by Gasteiger charge is 2.48. The summed E-state index contributed by atoms with van der Waals surface area (Å²) in [6.45, 7) is 8.80. The Morgan fingerprint density at radius 3 is 2.49 bits per heavy atom. The molecule has 1 aromatic heterocycles. The quantitative estimate of drug-likeness (QED) is 0.589. The number of nitrogens with one attached hydrogen (secondary N) is 2. The molecule has 1 saturated carbocycles. The van der Waals surface area contributed by atoms with Crippen molar-refractivity contribution < 1.29 is 14.4 Å². The third-order valence-corrected chi connectivity index (χ3v) is 7.28. The normalized spacial score (nSPS) is 20.3. The van der Waals surface area contributed by atoms with Crippen molar-refractivity contribution in [2.24, 2.45) is 0 Å². The van der Waals surface area contributed by atoms with E-state index in [2.05, 4.69) is 36.5 Å². The lowest BCUT2D eigenvalue weighted by Crippen LogP contribution is -2.65. The number of carbonyl (C=O) groups excluding carboxylic acids is 3. The second kappa shape index (κ2) is 10.2. The minimum Gasteiger partial charge on any atom is -0.351 e. The molecule has 35 heavy (non-hydrogen) atoms. The molecule has 1 unspecified atom stereocenters. The number of hydrogen-bond donors (Lipinski definition) is 2. The minimum absolute atomic E-state index is 0.147. The number of unbranched alkanes of at least 4 members (excludes halogenated alkanes) is 1. The number of carbonyl (C=O) groups is 3. The van der Waals surface area contributed by atoms with Gasteiger partial charge in [0.25, 0.3) is 11.8 Å². The molecule has 2 aromatic rings. The van der Waals surface area contributed by atoms with Crippen LogP contribution in [0.4, 0.5) is 5.69 Å². The summed E-state index contributed by atoms with van der Waals surface area (Å²) in [5.41, 5.74) is 1.30.